The number of nitrogens with zero attached hydrogens (tertiary/aromatic N) is 2. The topological polar surface area (TPSA) is 138 Å². The van der Waals surface area contributed by atoms with E-state index in [1.54, 1.807) is 31.2 Å². The number of nitrogen functional groups attached to an aromatic ring is 1. The van der Waals surface area contributed by atoms with Crippen molar-refractivity contribution < 1.29 is 15.0 Å². The third-order valence-electron chi connectivity index (χ3n) is 5.92. The molecule has 0 amide bonds. The van der Waals surface area contributed by atoms with Gasteiger partial charge in [-0.3, -0.25) is 10.3 Å². The molecular formula is C26H37N5O3. The van der Waals surface area contributed by atoms with Gasteiger partial charge in [0.15, 0.2) is 0 Å². The van der Waals surface area contributed by atoms with Crippen LogP contribution < -0.4 is 5.73 Å². The fourth-order valence-corrected chi connectivity index (χ4v) is 4.18. The molecule has 1 fully saturated rings. The van der Waals surface area contributed by atoms with E-state index in [1.165, 1.54) is 6.21 Å². The van der Waals surface area contributed by atoms with E-state index < -0.39 is 5.97 Å². The first kappa shape index (κ1) is 27.2. The fourth-order valence-electron chi connectivity index (χ4n) is 4.18. The van der Waals surface area contributed by atoms with Crippen LogP contribution in [0.15, 0.2) is 42.5 Å². The molecule has 0 atom stereocenters. The van der Waals surface area contributed by atoms with Crippen molar-refractivity contribution >= 4 is 18.0 Å². The summed E-state index contributed by atoms with van der Waals surface area (Å²) in [6.07, 6.45) is 3.52. The van der Waals surface area contributed by atoms with Crippen molar-refractivity contribution in [2.45, 2.75) is 26.3 Å². The van der Waals surface area contributed by atoms with Gasteiger partial charge in [-0.05, 0) is 93.0 Å². The summed E-state index contributed by atoms with van der Waals surface area (Å²) in [6.45, 7) is 5.93. The zero-order chi connectivity index (χ0) is 25.1. The van der Waals surface area contributed by atoms with Crippen molar-refractivity contribution in [2.24, 2.45) is 11.7 Å². The van der Waals surface area contributed by atoms with Gasteiger partial charge in [0.1, 0.15) is 5.84 Å². The van der Waals surface area contributed by atoms with Crippen LogP contribution in [-0.2, 0) is 6.54 Å². The number of carboxylic acids is 1. The number of hydrogen-bond donors (Lipinski definition) is 5. The number of nitrogens with two attached hydrogens (primary N) is 1. The number of carboxylic acid groups (broad SMARTS) is 1. The first-order valence-corrected chi connectivity index (χ1v) is 11.6. The van der Waals surface area contributed by atoms with Crippen molar-refractivity contribution in [3.05, 3.63) is 59.2 Å². The highest BCUT2D eigenvalue weighted by molar-refractivity contribution is 5.96. The number of aliphatic hydroxyl groups is 1. The number of nitrogens with one attached hydrogen (secondary N) is 2. The number of aliphatic hydroxyl groups excluding tert-OH is 1. The second-order valence-electron chi connectivity index (χ2n) is 8.71. The monoisotopic (exact) mass is 467 g/mol. The largest absolute Gasteiger partial charge is 0.478 e. The van der Waals surface area contributed by atoms with Crippen LogP contribution in [0.2, 0.25) is 0 Å². The minimum Gasteiger partial charge on any atom is -0.478 e. The molecule has 1 aliphatic rings. The van der Waals surface area contributed by atoms with Gasteiger partial charge in [-0.1, -0.05) is 18.2 Å². The molecule has 8 heteroatoms. The normalized spacial score (nSPS) is 14.4. The Hall–Kier alpha value is -3.07. The maximum atomic E-state index is 11.8. The number of benzene rings is 2. The van der Waals surface area contributed by atoms with Gasteiger partial charge in [0.25, 0.3) is 0 Å². The molecule has 184 valence electrons. The first-order chi connectivity index (χ1) is 16.3. The van der Waals surface area contributed by atoms with Gasteiger partial charge in [0, 0.05) is 25.2 Å². The van der Waals surface area contributed by atoms with Crippen LogP contribution in [0.25, 0.3) is 11.1 Å². The van der Waals surface area contributed by atoms with Crippen LogP contribution >= 0.6 is 0 Å². The van der Waals surface area contributed by atoms with Gasteiger partial charge in [-0.2, -0.15) is 0 Å². The average Bonchev–Trinajstić information content (AvgIpc) is 2.81. The van der Waals surface area contributed by atoms with Gasteiger partial charge in [-0.15, -0.1) is 0 Å². The quantitative estimate of drug-likeness (QED) is 0.284. The van der Waals surface area contributed by atoms with Crippen molar-refractivity contribution in [3.8, 4) is 11.1 Å². The van der Waals surface area contributed by atoms with Gasteiger partial charge in [0.2, 0.25) is 0 Å². The lowest BCUT2D eigenvalue weighted by molar-refractivity contribution is 0.0696. The third-order valence-corrected chi connectivity index (χ3v) is 5.92. The minimum absolute atomic E-state index is 0.0243. The molecule has 1 heterocycles. The molecular weight excluding hydrogens is 430 g/mol. The molecule has 3 rings (SSSR count). The second kappa shape index (κ2) is 13.6. The Morgan fingerprint density at radius 2 is 1.82 bits per heavy atom. The Balaban J connectivity index is 0.00000129. The van der Waals surface area contributed by atoms with E-state index in [4.69, 9.17) is 16.6 Å². The Morgan fingerprint density at radius 1 is 1.18 bits per heavy atom. The summed E-state index contributed by atoms with van der Waals surface area (Å²) < 4.78 is 0. The number of rotatable bonds is 9. The number of aromatic carboxylic acids is 1. The van der Waals surface area contributed by atoms with E-state index in [1.807, 2.05) is 18.2 Å². The minimum atomic E-state index is -0.977. The van der Waals surface area contributed by atoms with E-state index in [0.29, 0.717) is 24.6 Å². The molecule has 0 aliphatic carbocycles. The zero-order valence-electron chi connectivity index (χ0n) is 20.1. The maximum Gasteiger partial charge on any atom is 0.335 e. The molecule has 0 saturated carbocycles. The van der Waals surface area contributed by atoms with Crippen molar-refractivity contribution in [1.29, 1.82) is 10.8 Å². The lowest BCUT2D eigenvalue weighted by atomic mass is 9.95. The number of piperidine rings is 1. The molecule has 0 aromatic heterocycles. The van der Waals surface area contributed by atoms with Crippen molar-refractivity contribution in [1.82, 2.24) is 9.80 Å². The maximum absolute atomic E-state index is 11.8. The van der Waals surface area contributed by atoms with E-state index in [2.05, 4.69) is 16.8 Å². The number of likely N-dealkylation sites (tertiary alicyclic amines) is 1. The summed E-state index contributed by atoms with van der Waals surface area (Å²) in [5.74, 6) is -0.421. The van der Waals surface area contributed by atoms with Crippen LogP contribution in [0.5, 0.6) is 0 Å². The van der Waals surface area contributed by atoms with Crippen molar-refractivity contribution in [2.75, 3.05) is 39.8 Å². The van der Waals surface area contributed by atoms with Crippen molar-refractivity contribution in [3.63, 3.8) is 0 Å². The van der Waals surface area contributed by atoms with Crippen LogP contribution in [0.3, 0.4) is 0 Å². The molecule has 1 saturated heterocycles. The zero-order valence-corrected chi connectivity index (χ0v) is 20.1. The van der Waals surface area contributed by atoms with Gasteiger partial charge >= 0.3 is 5.97 Å². The van der Waals surface area contributed by atoms with E-state index in [0.717, 1.165) is 49.2 Å². The van der Waals surface area contributed by atoms with Gasteiger partial charge in [0.05, 0.1) is 12.2 Å². The molecule has 1 aliphatic heterocycles. The summed E-state index contributed by atoms with van der Waals surface area (Å²) in [5.41, 5.74) is 8.94. The third kappa shape index (κ3) is 8.37. The molecule has 2 aromatic carbocycles. The van der Waals surface area contributed by atoms with Gasteiger partial charge in [-0.25, -0.2) is 4.79 Å². The number of hydrogen-bond acceptors (Lipinski definition) is 6. The number of carbonyl (C=O) groups is 1. The van der Waals surface area contributed by atoms with Crippen LogP contribution in [-0.4, -0.2) is 77.9 Å². The summed E-state index contributed by atoms with van der Waals surface area (Å²) >= 11 is 0. The Labute approximate surface area is 202 Å². The predicted octanol–water partition coefficient (Wildman–Crippen LogP) is 3.13. The second-order valence-corrected chi connectivity index (χ2v) is 8.71. The average molecular weight is 468 g/mol. The molecule has 34 heavy (non-hydrogen) atoms. The molecule has 2 aromatic rings. The highest BCUT2D eigenvalue weighted by Gasteiger charge is 2.20. The predicted molar refractivity (Wildman–Crippen MR) is 137 cm³/mol. The molecule has 8 nitrogen and oxygen atoms in total. The van der Waals surface area contributed by atoms with E-state index >= 15 is 0 Å². The van der Waals surface area contributed by atoms with Crippen LogP contribution in [0, 0.1) is 16.7 Å². The Bertz CT molecular complexity index is 971. The Morgan fingerprint density at radius 3 is 2.41 bits per heavy atom. The summed E-state index contributed by atoms with van der Waals surface area (Å²) in [6, 6.07) is 12.6. The van der Waals surface area contributed by atoms with E-state index in [-0.39, 0.29) is 18.0 Å². The molecule has 0 unspecified atom stereocenters. The summed E-state index contributed by atoms with van der Waals surface area (Å²) in [5, 5.41) is 33.0. The van der Waals surface area contributed by atoms with Crippen LogP contribution in [0.1, 0.15) is 41.3 Å². The summed E-state index contributed by atoms with van der Waals surface area (Å²) in [4.78, 5) is 16.3. The smallest absolute Gasteiger partial charge is 0.335 e. The summed E-state index contributed by atoms with van der Waals surface area (Å²) in [7, 11) is 2.14. The van der Waals surface area contributed by atoms with E-state index in [9.17, 15) is 15.0 Å². The fraction of sp³-hybridized carbons (Fsp3) is 0.423. The molecule has 0 radical (unpaired) electrons. The lowest BCUT2D eigenvalue weighted by Gasteiger charge is -2.33. The Kier molecular flexibility index (Phi) is 10.9. The van der Waals surface area contributed by atoms with Crippen LogP contribution in [0.4, 0.5) is 0 Å². The SMILES string of the molecule is CC=N.CN1CCC(CN(CCO)Cc2cc(C(=O)O)cc(-c3cccc(C(=N)N)c3)c2)CC1. The van der Waals surface area contributed by atoms with Gasteiger partial charge < -0.3 is 26.3 Å². The highest BCUT2D eigenvalue weighted by atomic mass is 16.4. The highest BCUT2D eigenvalue weighted by Crippen LogP contribution is 2.25. The first-order valence-electron chi connectivity index (χ1n) is 11.6. The number of amidine groups is 1. The standard InChI is InChI=1S/C24H32N4O3.C2H5N/c1-27-7-5-17(6-8-27)15-28(9-10-29)16-18-11-21(14-22(12-18)24(30)31)19-3-2-4-20(13-19)23(25)26;1-2-3/h2-4,11-14,17,29H,5-10,15-16H2,1H3,(H3,25,26)(H,30,31);2-3H,1H3. The molecule has 0 bridgehead atoms. The molecule has 0 spiro atoms. The molecule has 6 N–H and O–H groups in total. The lowest BCUT2D eigenvalue weighted by Crippen LogP contribution is -2.37.